The molecule has 5 nitrogen and oxygen atoms in total. The van der Waals surface area contributed by atoms with Crippen LogP contribution in [0, 0.1) is 25.2 Å². The van der Waals surface area contributed by atoms with Crippen molar-refractivity contribution < 1.29 is 9.53 Å². The summed E-state index contributed by atoms with van der Waals surface area (Å²) < 4.78 is 6.67. The molecular formula is C19H17N3O2S. The molecule has 0 saturated heterocycles. The zero-order valence-electron chi connectivity index (χ0n) is 14.2. The van der Waals surface area contributed by atoms with Crippen molar-refractivity contribution in [3.63, 3.8) is 0 Å². The Balaban J connectivity index is 1.73. The Morgan fingerprint density at radius 3 is 2.88 bits per heavy atom. The van der Waals surface area contributed by atoms with Crippen molar-refractivity contribution in [3.8, 4) is 11.8 Å². The van der Waals surface area contributed by atoms with Crippen LogP contribution in [0.15, 0.2) is 36.4 Å². The first-order valence-electron chi connectivity index (χ1n) is 7.82. The molecule has 0 fully saturated rings. The number of thiazole rings is 1. The Morgan fingerprint density at radius 1 is 1.32 bits per heavy atom. The van der Waals surface area contributed by atoms with Crippen LogP contribution in [0.1, 0.15) is 23.6 Å². The molecule has 0 aliphatic carbocycles. The number of nitrogens with one attached hydrogen (secondary N) is 1. The molecule has 1 heterocycles. The van der Waals surface area contributed by atoms with Crippen LogP contribution in [-0.2, 0) is 4.79 Å². The topological polar surface area (TPSA) is 75.0 Å². The van der Waals surface area contributed by atoms with Gasteiger partial charge in [-0.05, 0) is 56.2 Å². The van der Waals surface area contributed by atoms with Gasteiger partial charge in [0.25, 0.3) is 5.91 Å². The van der Waals surface area contributed by atoms with Gasteiger partial charge in [-0.2, -0.15) is 5.26 Å². The SMILES string of the molecule is Cc1cc(C)c2nc(NC(=O)C(C)Oc3cccc(C#N)c3)sc2c1. The van der Waals surface area contributed by atoms with Crippen LogP contribution in [0.4, 0.5) is 5.13 Å². The molecular weight excluding hydrogens is 334 g/mol. The molecule has 1 atom stereocenters. The summed E-state index contributed by atoms with van der Waals surface area (Å²) in [6.07, 6.45) is -0.705. The molecule has 0 aliphatic rings. The van der Waals surface area contributed by atoms with Gasteiger partial charge < -0.3 is 4.74 Å². The van der Waals surface area contributed by atoms with Crippen LogP contribution < -0.4 is 10.1 Å². The van der Waals surface area contributed by atoms with Gasteiger partial charge in [-0.3, -0.25) is 10.1 Å². The largest absolute Gasteiger partial charge is 0.481 e. The summed E-state index contributed by atoms with van der Waals surface area (Å²) in [5.41, 5.74) is 3.65. The molecule has 3 rings (SSSR count). The molecule has 2 aromatic carbocycles. The van der Waals surface area contributed by atoms with Gasteiger partial charge in [-0.25, -0.2) is 4.98 Å². The van der Waals surface area contributed by atoms with E-state index < -0.39 is 6.10 Å². The number of nitriles is 1. The Hall–Kier alpha value is -2.91. The van der Waals surface area contributed by atoms with Crippen LogP contribution in [0.3, 0.4) is 0 Å². The molecule has 0 spiro atoms. The van der Waals surface area contributed by atoms with Gasteiger partial charge in [0.1, 0.15) is 5.75 Å². The van der Waals surface area contributed by atoms with E-state index in [-0.39, 0.29) is 5.91 Å². The zero-order valence-corrected chi connectivity index (χ0v) is 15.0. The number of rotatable bonds is 4. The van der Waals surface area contributed by atoms with E-state index in [2.05, 4.69) is 22.4 Å². The van der Waals surface area contributed by atoms with Crippen LogP contribution in [-0.4, -0.2) is 17.0 Å². The van der Waals surface area contributed by atoms with E-state index in [4.69, 9.17) is 10.00 Å². The van der Waals surface area contributed by atoms with Gasteiger partial charge in [-0.15, -0.1) is 0 Å². The maximum Gasteiger partial charge on any atom is 0.266 e. The smallest absolute Gasteiger partial charge is 0.266 e. The van der Waals surface area contributed by atoms with Crippen LogP contribution >= 0.6 is 11.3 Å². The predicted octanol–water partition coefficient (Wildman–Crippen LogP) is 4.19. The fourth-order valence-electron chi connectivity index (χ4n) is 2.53. The third kappa shape index (κ3) is 3.78. The maximum absolute atomic E-state index is 12.4. The summed E-state index contributed by atoms with van der Waals surface area (Å²) in [7, 11) is 0. The third-order valence-electron chi connectivity index (χ3n) is 3.71. The van der Waals surface area contributed by atoms with Gasteiger partial charge in [0.2, 0.25) is 0 Å². The fraction of sp³-hybridized carbons (Fsp3) is 0.211. The van der Waals surface area contributed by atoms with E-state index in [9.17, 15) is 4.79 Å². The lowest BCUT2D eigenvalue weighted by Gasteiger charge is -2.13. The number of ether oxygens (including phenoxy) is 1. The first-order valence-corrected chi connectivity index (χ1v) is 8.63. The first-order chi connectivity index (χ1) is 12.0. The summed E-state index contributed by atoms with van der Waals surface area (Å²) in [6, 6.07) is 12.9. The van der Waals surface area contributed by atoms with Gasteiger partial charge in [0.15, 0.2) is 11.2 Å². The number of hydrogen-bond donors (Lipinski definition) is 1. The quantitative estimate of drug-likeness (QED) is 0.765. The molecule has 1 amide bonds. The predicted molar refractivity (Wildman–Crippen MR) is 99.0 cm³/mol. The highest BCUT2D eigenvalue weighted by molar-refractivity contribution is 7.22. The minimum Gasteiger partial charge on any atom is -0.481 e. The van der Waals surface area contributed by atoms with E-state index in [1.807, 2.05) is 19.9 Å². The van der Waals surface area contributed by atoms with Crippen molar-refractivity contribution in [3.05, 3.63) is 53.1 Å². The standard InChI is InChI=1S/C19H17N3O2S/c1-11-7-12(2)17-16(8-11)25-19(21-17)22-18(23)13(3)24-15-6-4-5-14(9-15)10-20/h4-9,13H,1-3H3,(H,21,22,23). The Labute approximate surface area is 149 Å². The lowest BCUT2D eigenvalue weighted by molar-refractivity contribution is -0.122. The van der Waals surface area contributed by atoms with Crippen molar-refractivity contribution in [2.75, 3.05) is 5.32 Å². The Morgan fingerprint density at radius 2 is 2.12 bits per heavy atom. The number of carbonyl (C=O) groups is 1. The Kier molecular flexibility index (Phi) is 4.68. The number of aryl methyl sites for hydroxylation is 2. The van der Waals surface area contributed by atoms with Crippen molar-refractivity contribution >= 4 is 32.6 Å². The van der Waals surface area contributed by atoms with E-state index in [0.29, 0.717) is 16.4 Å². The summed E-state index contributed by atoms with van der Waals surface area (Å²) in [5, 5.41) is 12.3. The molecule has 1 unspecified atom stereocenters. The van der Waals surface area contributed by atoms with E-state index in [1.54, 1.807) is 31.2 Å². The average molecular weight is 351 g/mol. The van der Waals surface area contributed by atoms with Crippen LogP contribution in [0.5, 0.6) is 5.75 Å². The van der Waals surface area contributed by atoms with Crippen molar-refractivity contribution in [2.45, 2.75) is 26.9 Å². The summed E-state index contributed by atoms with van der Waals surface area (Å²) in [4.78, 5) is 16.9. The number of amides is 1. The number of benzene rings is 2. The van der Waals surface area contributed by atoms with Gasteiger partial charge in [-0.1, -0.05) is 23.5 Å². The molecule has 25 heavy (non-hydrogen) atoms. The summed E-state index contributed by atoms with van der Waals surface area (Å²) in [5.74, 6) is 0.202. The maximum atomic E-state index is 12.4. The molecule has 6 heteroatoms. The third-order valence-corrected chi connectivity index (χ3v) is 4.62. The Bertz CT molecular complexity index is 988. The number of fused-ring (bicyclic) bond motifs is 1. The normalized spacial score (nSPS) is 11.8. The molecule has 1 N–H and O–H groups in total. The fourth-order valence-corrected chi connectivity index (χ4v) is 3.57. The lowest BCUT2D eigenvalue weighted by Crippen LogP contribution is -2.30. The number of carbonyl (C=O) groups excluding carboxylic acids is 1. The highest BCUT2D eigenvalue weighted by Gasteiger charge is 2.17. The van der Waals surface area contributed by atoms with E-state index >= 15 is 0 Å². The number of aromatic nitrogens is 1. The highest BCUT2D eigenvalue weighted by Crippen LogP contribution is 2.29. The minimum absolute atomic E-state index is 0.282. The molecule has 0 bridgehead atoms. The van der Waals surface area contributed by atoms with Gasteiger partial charge in [0.05, 0.1) is 21.8 Å². The van der Waals surface area contributed by atoms with Gasteiger partial charge >= 0.3 is 0 Å². The van der Waals surface area contributed by atoms with Crippen molar-refractivity contribution in [2.24, 2.45) is 0 Å². The first kappa shape index (κ1) is 16.9. The van der Waals surface area contributed by atoms with Crippen molar-refractivity contribution in [1.29, 1.82) is 5.26 Å². The van der Waals surface area contributed by atoms with Crippen LogP contribution in [0.2, 0.25) is 0 Å². The minimum atomic E-state index is -0.705. The van der Waals surface area contributed by atoms with E-state index in [1.165, 1.54) is 16.9 Å². The lowest BCUT2D eigenvalue weighted by atomic mass is 10.1. The van der Waals surface area contributed by atoms with Crippen molar-refractivity contribution in [1.82, 2.24) is 4.98 Å². The summed E-state index contributed by atoms with van der Waals surface area (Å²) >= 11 is 1.44. The molecule has 0 radical (unpaired) electrons. The second-order valence-electron chi connectivity index (χ2n) is 5.84. The number of nitrogens with zero attached hydrogens (tertiary/aromatic N) is 2. The number of anilines is 1. The monoisotopic (exact) mass is 351 g/mol. The second-order valence-corrected chi connectivity index (χ2v) is 6.87. The molecule has 1 aromatic heterocycles. The molecule has 0 saturated carbocycles. The van der Waals surface area contributed by atoms with Crippen LogP contribution in [0.25, 0.3) is 10.2 Å². The van der Waals surface area contributed by atoms with E-state index in [0.717, 1.165) is 15.8 Å². The molecule has 0 aliphatic heterocycles. The molecule has 126 valence electrons. The molecule has 3 aromatic rings. The summed E-state index contributed by atoms with van der Waals surface area (Å²) in [6.45, 7) is 5.71. The highest BCUT2D eigenvalue weighted by atomic mass is 32.1. The zero-order chi connectivity index (χ0) is 18.0. The second kappa shape index (κ2) is 6.91. The average Bonchev–Trinajstić information content (AvgIpc) is 2.97. The van der Waals surface area contributed by atoms with Gasteiger partial charge in [0, 0.05) is 0 Å². The number of hydrogen-bond acceptors (Lipinski definition) is 5.